The van der Waals surface area contributed by atoms with Gasteiger partial charge in [-0.2, -0.15) is 0 Å². The molecule has 1 unspecified atom stereocenters. The van der Waals surface area contributed by atoms with Gasteiger partial charge >= 0.3 is 0 Å². The number of aryl methyl sites for hydroxylation is 1. The summed E-state index contributed by atoms with van der Waals surface area (Å²) in [5, 5.41) is 12.5. The number of hydrogen-bond donors (Lipinski definition) is 2. The largest absolute Gasteiger partial charge is 0.396 e. The molecule has 0 radical (unpaired) electrons. The highest BCUT2D eigenvalue weighted by molar-refractivity contribution is 6.34. The van der Waals surface area contributed by atoms with Gasteiger partial charge in [0.1, 0.15) is 0 Å². The van der Waals surface area contributed by atoms with Crippen molar-refractivity contribution >= 4 is 17.5 Å². The van der Waals surface area contributed by atoms with E-state index in [4.69, 9.17) is 16.7 Å². The second kappa shape index (κ2) is 8.28. The average molecular weight is 298 g/mol. The van der Waals surface area contributed by atoms with Gasteiger partial charge < -0.3 is 10.4 Å². The van der Waals surface area contributed by atoms with E-state index >= 15 is 0 Å². The first-order valence-electron chi connectivity index (χ1n) is 7.09. The second-order valence-electron chi connectivity index (χ2n) is 5.65. The Bertz CT molecular complexity index is 446. The van der Waals surface area contributed by atoms with Crippen molar-refractivity contribution in [3.8, 4) is 0 Å². The van der Waals surface area contributed by atoms with E-state index < -0.39 is 0 Å². The predicted octanol–water partition coefficient (Wildman–Crippen LogP) is 3.42. The fourth-order valence-electron chi connectivity index (χ4n) is 2.31. The summed E-state index contributed by atoms with van der Waals surface area (Å²) in [6.45, 7) is 6.89. The van der Waals surface area contributed by atoms with Crippen molar-refractivity contribution in [3.05, 3.63) is 34.3 Å². The molecule has 1 atom stereocenters. The molecule has 0 heterocycles. The molecule has 0 aliphatic rings. The molecule has 0 bridgehead atoms. The Labute approximate surface area is 126 Å². The summed E-state index contributed by atoms with van der Waals surface area (Å²) in [6, 6.07) is 5.44. The van der Waals surface area contributed by atoms with E-state index in [1.807, 2.05) is 19.1 Å². The van der Waals surface area contributed by atoms with E-state index in [-0.39, 0.29) is 12.5 Å². The monoisotopic (exact) mass is 297 g/mol. The molecule has 1 rings (SSSR count). The van der Waals surface area contributed by atoms with Gasteiger partial charge in [0.25, 0.3) is 5.91 Å². The quantitative estimate of drug-likeness (QED) is 0.810. The highest BCUT2D eigenvalue weighted by Gasteiger charge is 2.15. The van der Waals surface area contributed by atoms with Gasteiger partial charge in [0, 0.05) is 13.2 Å². The van der Waals surface area contributed by atoms with Crippen LogP contribution >= 0.6 is 11.6 Å². The molecule has 3 nitrogen and oxygen atoms in total. The normalized spacial score (nSPS) is 12.5. The van der Waals surface area contributed by atoms with Crippen LogP contribution in [0.5, 0.6) is 0 Å². The van der Waals surface area contributed by atoms with Crippen LogP contribution in [0.25, 0.3) is 0 Å². The highest BCUT2D eigenvalue weighted by Crippen LogP contribution is 2.20. The number of aliphatic hydroxyl groups is 1. The van der Waals surface area contributed by atoms with Crippen LogP contribution in [0.15, 0.2) is 18.2 Å². The Hall–Kier alpha value is -1.06. The summed E-state index contributed by atoms with van der Waals surface area (Å²) in [4.78, 5) is 12.2. The summed E-state index contributed by atoms with van der Waals surface area (Å²) in [5.41, 5.74) is 1.41. The van der Waals surface area contributed by atoms with Crippen molar-refractivity contribution in [2.45, 2.75) is 33.6 Å². The van der Waals surface area contributed by atoms with Crippen molar-refractivity contribution < 1.29 is 9.90 Å². The Balaban J connectivity index is 2.63. The van der Waals surface area contributed by atoms with Gasteiger partial charge in [-0.25, -0.2) is 0 Å². The molecule has 1 amide bonds. The van der Waals surface area contributed by atoms with Crippen LogP contribution in [0.1, 0.15) is 42.6 Å². The molecule has 0 spiro atoms. The Morgan fingerprint density at radius 1 is 1.40 bits per heavy atom. The Morgan fingerprint density at radius 2 is 2.10 bits per heavy atom. The van der Waals surface area contributed by atoms with Crippen molar-refractivity contribution in [3.63, 3.8) is 0 Å². The molecule has 0 fully saturated rings. The van der Waals surface area contributed by atoms with Gasteiger partial charge in [0.15, 0.2) is 0 Å². The summed E-state index contributed by atoms with van der Waals surface area (Å²) in [5.74, 6) is 0.698. The van der Waals surface area contributed by atoms with E-state index in [0.29, 0.717) is 35.4 Å². The number of amides is 1. The fraction of sp³-hybridized carbons (Fsp3) is 0.562. The van der Waals surface area contributed by atoms with Gasteiger partial charge in [0.05, 0.1) is 10.6 Å². The van der Waals surface area contributed by atoms with Crippen LogP contribution in [-0.2, 0) is 0 Å². The van der Waals surface area contributed by atoms with Crippen LogP contribution in [0.2, 0.25) is 5.02 Å². The third-order valence-electron chi connectivity index (χ3n) is 3.33. The van der Waals surface area contributed by atoms with E-state index in [2.05, 4.69) is 19.2 Å². The van der Waals surface area contributed by atoms with Gasteiger partial charge in [-0.1, -0.05) is 37.6 Å². The van der Waals surface area contributed by atoms with Crippen molar-refractivity contribution in [1.82, 2.24) is 5.32 Å². The zero-order valence-electron chi connectivity index (χ0n) is 12.4. The molecular weight excluding hydrogens is 274 g/mol. The number of rotatable bonds is 7. The third-order valence-corrected chi connectivity index (χ3v) is 3.83. The average Bonchev–Trinajstić information content (AvgIpc) is 2.38. The van der Waals surface area contributed by atoms with E-state index in [0.717, 1.165) is 12.0 Å². The minimum atomic E-state index is -0.148. The first-order chi connectivity index (χ1) is 9.45. The molecule has 112 valence electrons. The summed E-state index contributed by atoms with van der Waals surface area (Å²) in [7, 11) is 0. The Morgan fingerprint density at radius 3 is 2.70 bits per heavy atom. The zero-order valence-corrected chi connectivity index (χ0v) is 13.2. The molecule has 0 aromatic heterocycles. The number of benzene rings is 1. The van der Waals surface area contributed by atoms with Crippen molar-refractivity contribution in [2.24, 2.45) is 11.8 Å². The highest BCUT2D eigenvalue weighted by atomic mass is 35.5. The maximum atomic E-state index is 12.2. The second-order valence-corrected chi connectivity index (χ2v) is 6.03. The van der Waals surface area contributed by atoms with E-state index in [1.165, 1.54) is 0 Å². The van der Waals surface area contributed by atoms with Gasteiger partial charge in [-0.3, -0.25) is 4.79 Å². The molecule has 0 aliphatic heterocycles. The molecule has 4 heteroatoms. The van der Waals surface area contributed by atoms with E-state index in [1.54, 1.807) is 6.07 Å². The predicted molar refractivity (Wildman–Crippen MR) is 83.2 cm³/mol. The van der Waals surface area contributed by atoms with Crippen LogP contribution in [-0.4, -0.2) is 24.2 Å². The van der Waals surface area contributed by atoms with Crippen LogP contribution in [0, 0.1) is 18.8 Å². The number of aliphatic hydroxyl groups excluding tert-OH is 1. The number of carbonyl (C=O) groups is 1. The van der Waals surface area contributed by atoms with E-state index in [9.17, 15) is 4.79 Å². The van der Waals surface area contributed by atoms with Crippen LogP contribution < -0.4 is 5.32 Å². The summed E-state index contributed by atoms with van der Waals surface area (Å²) >= 11 is 6.15. The first-order valence-corrected chi connectivity index (χ1v) is 7.47. The van der Waals surface area contributed by atoms with Crippen LogP contribution in [0.3, 0.4) is 0 Å². The van der Waals surface area contributed by atoms with Crippen LogP contribution in [0.4, 0.5) is 0 Å². The first kappa shape index (κ1) is 17.0. The molecule has 2 N–H and O–H groups in total. The maximum Gasteiger partial charge on any atom is 0.252 e. The van der Waals surface area contributed by atoms with Gasteiger partial charge in [-0.15, -0.1) is 0 Å². The lowest BCUT2D eigenvalue weighted by Gasteiger charge is -2.19. The molecule has 0 saturated heterocycles. The molecule has 0 aliphatic carbocycles. The fourth-order valence-corrected chi connectivity index (χ4v) is 2.52. The number of halogens is 1. The number of nitrogens with one attached hydrogen (secondary N) is 1. The molecule has 1 aromatic carbocycles. The molecule has 20 heavy (non-hydrogen) atoms. The minimum Gasteiger partial charge on any atom is -0.396 e. The van der Waals surface area contributed by atoms with Crippen molar-refractivity contribution in [1.29, 1.82) is 0 Å². The lowest BCUT2D eigenvalue weighted by molar-refractivity contribution is 0.0941. The molecular formula is C16H24ClNO2. The topological polar surface area (TPSA) is 49.3 Å². The zero-order chi connectivity index (χ0) is 15.1. The van der Waals surface area contributed by atoms with Gasteiger partial charge in [0.2, 0.25) is 0 Å². The molecule has 1 aromatic rings. The minimum absolute atomic E-state index is 0.148. The SMILES string of the molecule is Cc1cccc(C(=O)NCC(CCO)CC(C)C)c1Cl. The number of hydrogen-bond acceptors (Lipinski definition) is 2. The number of carbonyl (C=O) groups excluding carboxylic acids is 1. The lowest BCUT2D eigenvalue weighted by Crippen LogP contribution is -2.30. The third kappa shape index (κ3) is 5.14. The summed E-state index contributed by atoms with van der Waals surface area (Å²) in [6.07, 6.45) is 1.70. The Kier molecular flexibility index (Phi) is 7.03. The smallest absolute Gasteiger partial charge is 0.252 e. The lowest BCUT2D eigenvalue weighted by atomic mass is 9.94. The maximum absolute atomic E-state index is 12.2. The standard InChI is InChI=1S/C16H24ClNO2/c1-11(2)9-13(7-8-19)10-18-16(20)14-6-4-5-12(3)15(14)17/h4-6,11,13,19H,7-10H2,1-3H3,(H,18,20). The van der Waals surface area contributed by atoms with Crippen molar-refractivity contribution in [2.75, 3.05) is 13.2 Å². The summed E-state index contributed by atoms with van der Waals surface area (Å²) < 4.78 is 0. The van der Waals surface area contributed by atoms with Gasteiger partial charge in [-0.05, 0) is 43.2 Å². The molecule has 0 saturated carbocycles.